The molecule has 1 aromatic carbocycles. The lowest BCUT2D eigenvalue weighted by atomic mass is 10.1. The van der Waals surface area contributed by atoms with Crippen molar-refractivity contribution < 1.29 is 28.6 Å². The van der Waals surface area contributed by atoms with E-state index in [1.165, 1.54) is 4.57 Å². The van der Waals surface area contributed by atoms with Crippen LogP contribution >= 0.6 is 0 Å². The maximum absolute atomic E-state index is 12.8. The average Bonchev–Trinajstić information content (AvgIpc) is 2.96. The Hall–Kier alpha value is -3.03. The number of ether oxygens (including phenoxy) is 3. The number of nitrogens with zero attached hydrogens (tertiary/aromatic N) is 2. The number of amides is 2. The monoisotopic (exact) mass is 460 g/mol. The molecule has 0 unspecified atom stereocenters. The molecule has 0 spiro atoms. The summed E-state index contributed by atoms with van der Waals surface area (Å²) in [7, 11) is 0. The number of benzene rings is 1. The highest BCUT2D eigenvalue weighted by Gasteiger charge is 2.31. The van der Waals surface area contributed by atoms with E-state index < -0.39 is 35.1 Å². The van der Waals surface area contributed by atoms with Crippen molar-refractivity contribution >= 4 is 29.2 Å². The Bertz CT molecular complexity index is 990. The minimum atomic E-state index is -0.785. The van der Waals surface area contributed by atoms with Crippen molar-refractivity contribution in [3.8, 4) is 0 Å². The first-order chi connectivity index (χ1) is 15.0. The number of carbonyl (C=O) groups excluding carboxylic acids is 3. The lowest BCUT2D eigenvalue weighted by Crippen LogP contribution is -2.44. The first-order valence-electron chi connectivity index (χ1n) is 11.0. The molecule has 0 bridgehead atoms. The lowest BCUT2D eigenvalue weighted by molar-refractivity contribution is 0.00165. The number of carbonyl (C=O) groups is 3. The second-order valence-electron chi connectivity index (χ2n) is 10.9. The summed E-state index contributed by atoms with van der Waals surface area (Å²) < 4.78 is 17.8. The highest BCUT2D eigenvalue weighted by Crippen LogP contribution is 2.24. The summed E-state index contributed by atoms with van der Waals surface area (Å²) in [6.45, 7) is 15.8. The molecule has 0 saturated heterocycles. The van der Waals surface area contributed by atoms with Gasteiger partial charge in [-0.05, 0) is 80.4 Å². The Morgan fingerprint density at radius 3 is 1.76 bits per heavy atom. The maximum atomic E-state index is 12.8. The number of hydrogen-bond acceptors (Lipinski definition) is 6. The number of imide groups is 1. The fraction of sp³-hybridized carbons (Fsp3) is 0.560. The van der Waals surface area contributed by atoms with Gasteiger partial charge in [0.05, 0.1) is 5.52 Å². The van der Waals surface area contributed by atoms with E-state index in [2.05, 4.69) is 0 Å². The molecule has 0 atom stereocenters. The molecule has 1 aromatic heterocycles. The van der Waals surface area contributed by atoms with Crippen LogP contribution in [0.2, 0.25) is 0 Å². The van der Waals surface area contributed by atoms with Crippen LogP contribution < -0.4 is 0 Å². The van der Waals surface area contributed by atoms with Crippen LogP contribution in [0.4, 0.5) is 14.4 Å². The molecule has 182 valence electrons. The van der Waals surface area contributed by atoms with E-state index in [4.69, 9.17) is 14.2 Å². The quantitative estimate of drug-likeness (QED) is 0.511. The molecular weight excluding hydrogens is 424 g/mol. The summed E-state index contributed by atoms with van der Waals surface area (Å²) in [4.78, 5) is 39.2. The van der Waals surface area contributed by atoms with Crippen molar-refractivity contribution in [1.82, 2.24) is 9.47 Å². The summed E-state index contributed by atoms with van der Waals surface area (Å²) in [5.41, 5.74) is -0.725. The first kappa shape index (κ1) is 26.2. The number of aromatic nitrogens is 1. The van der Waals surface area contributed by atoms with E-state index >= 15 is 0 Å². The van der Waals surface area contributed by atoms with Gasteiger partial charge in [-0.3, -0.25) is 4.57 Å². The highest BCUT2D eigenvalue weighted by molar-refractivity contribution is 5.92. The van der Waals surface area contributed by atoms with Crippen LogP contribution in [0, 0.1) is 0 Å². The fourth-order valence-electron chi connectivity index (χ4n) is 3.03. The number of fused-ring (bicyclic) bond motifs is 1. The van der Waals surface area contributed by atoms with Crippen LogP contribution in [0.15, 0.2) is 30.5 Å². The molecule has 0 fully saturated rings. The van der Waals surface area contributed by atoms with Crippen molar-refractivity contribution in [3.05, 3.63) is 36.0 Å². The van der Waals surface area contributed by atoms with Crippen molar-refractivity contribution in [3.63, 3.8) is 0 Å². The minimum absolute atomic E-state index is 0.0200. The average molecular weight is 461 g/mol. The van der Waals surface area contributed by atoms with Gasteiger partial charge in [0.25, 0.3) is 0 Å². The van der Waals surface area contributed by atoms with Gasteiger partial charge in [0.1, 0.15) is 16.8 Å². The van der Waals surface area contributed by atoms with E-state index in [-0.39, 0.29) is 6.54 Å². The Balaban J connectivity index is 2.34. The molecule has 8 nitrogen and oxygen atoms in total. The van der Waals surface area contributed by atoms with Gasteiger partial charge < -0.3 is 14.2 Å². The summed E-state index contributed by atoms with van der Waals surface area (Å²) in [6.07, 6.45) is -0.0861. The summed E-state index contributed by atoms with van der Waals surface area (Å²) >= 11 is 0. The second-order valence-corrected chi connectivity index (χ2v) is 10.9. The van der Waals surface area contributed by atoms with Crippen molar-refractivity contribution in [2.45, 2.75) is 85.5 Å². The molecule has 2 rings (SSSR count). The van der Waals surface area contributed by atoms with Crippen LogP contribution in [-0.2, 0) is 20.6 Å². The smallest absolute Gasteiger partial charge is 0.419 e. The van der Waals surface area contributed by atoms with Crippen molar-refractivity contribution in [2.24, 2.45) is 0 Å². The molecule has 0 aliphatic heterocycles. The number of rotatable bonds is 3. The second kappa shape index (κ2) is 9.45. The van der Waals surface area contributed by atoms with Gasteiger partial charge in [-0.2, -0.15) is 0 Å². The van der Waals surface area contributed by atoms with Gasteiger partial charge in [-0.15, -0.1) is 0 Å². The summed E-state index contributed by atoms with van der Waals surface area (Å²) in [5.74, 6) is 0. The fourth-order valence-corrected chi connectivity index (χ4v) is 3.03. The molecule has 0 saturated carbocycles. The molecule has 8 heteroatoms. The molecule has 0 aliphatic rings. The highest BCUT2D eigenvalue weighted by atomic mass is 16.6. The standard InChI is InChI=1S/C25H36N2O6/c1-23(2,3)31-20(28)26(21(29)32-24(4,5)6)15-14-17-16-27(22(30)33-25(7,8)9)19-13-11-10-12-18(17)19/h10-13,16H,14-15H2,1-9H3. The summed E-state index contributed by atoms with van der Waals surface area (Å²) in [5, 5.41) is 0.830. The molecule has 1 heterocycles. The van der Waals surface area contributed by atoms with Crippen LogP contribution in [0.1, 0.15) is 67.9 Å². The Labute approximate surface area is 195 Å². The molecular formula is C25H36N2O6. The van der Waals surface area contributed by atoms with Crippen LogP contribution in [0.5, 0.6) is 0 Å². The largest absolute Gasteiger partial charge is 0.443 e. The van der Waals surface area contributed by atoms with Crippen LogP contribution in [0.3, 0.4) is 0 Å². The van der Waals surface area contributed by atoms with Crippen molar-refractivity contribution in [2.75, 3.05) is 6.54 Å². The third kappa shape index (κ3) is 7.80. The zero-order valence-corrected chi connectivity index (χ0v) is 21.1. The first-order valence-corrected chi connectivity index (χ1v) is 11.0. The lowest BCUT2D eigenvalue weighted by Gasteiger charge is -2.28. The predicted molar refractivity (Wildman–Crippen MR) is 126 cm³/mol. The number of hydrogen-bond donors (Lipinski definition) is 0. The zero-order chi connectivity index (χ0) is 25.2. The van der Waals surface area contributed by atoms with Gasteiger partial charge in [-0.25, -0.2) is 19.3 Å². The van der Waals surface area contributed by atoms with E-state index in [9.17, 15) is 14.4 Å². The number of para-hydroxylation sites is 1. The van der Waals surface area contributed by atoms with E-state index in [0.29, 0.717) is 11.9 Å². The predicted octanol–water partition coefficient (Wildman–Crippen LogP) is 6.14. The third-order valence-corrected chi connectivity index (χ3v) is 4.22. The van der Waals surface area contributed by atoms with E-state index in [1.54, 1.807) is 68.5 Å². The van der Waals surface area contributed by atoms with Crippen molar-refractivity contribution in [1.29, 1.82) is 0 Å². The summed E-state index contributed by atoms with van der Waals surface area (Å²) in [6, 6.07) is 7.41. The zero-order valence-electron chi connectivity index (χ0n) is 21.1. The molecule has 0 N–H and O–H groups in total. The van der Waals surface area contributed by atoms with Crippen LogP contribution in [-0.4, -0.2) is 51.1 Å². The Morgan fingerprint density at radius 2 is 1.27 bits per heavy atom. The molecule has 0 radical (unpaired) electrons. The van der Waals surface area contributed by atoms with Gasteiger partial charge >= 0.3 is 18.3 Å². The normalized spacial score (nSPS) is 12.4. The SMILES string of the molecule is CC(C)(C)OC(=O)N(CCc1cn(C(=O)OC(C)(C)C)c2ccccc12)C(=O)OC(C)(C)C. The Morgan fingerprint density at radius 1 is 0.788 bits per heavy atom. The molecule has 2 amide bonds. The van der Waals surface area contributed by atoms with Gasteiger partial charge in [0.15, 0.2) is 0 Å². The van der Waals surface area contributed by atoms with Gasteiger partial charge in [0.2, 0.25) is 0 Å². The van der Waals surface area contributed by atoms with E-state index in [1.807, 2.05) is 24.3 Å². The minimum Gasteiger partial charge on any atom is -0.443 e. The maximum Gasteiger partial charge on any atom is 0.419 e. The Kier molecular flexibility index (Phi) is 7.51. The third-order valence-electron chi connectivity index (χ3n) is 4.22. The molecule has 33 heavy (non-hydrogen) atoms. The molecule has 2 aromatic rings. The topological polar surface area (TPSA) is 87.1 Å². The van der Waals surface area contributed by atoms with Gasteiger partial charge in [-0.1, -0.05) is 18.2 Å². The molecule has 0 aliphatic carbocycles. The van der Waals surface area contributed by atoms with E-state index in [0.717, 1.165) is 15.8 Å². The van der Waals surface area contributed by atoms with Gasteiger partial charge in [0, 0.05) is 18.1 Å². The van der Waals surface area contributed by atoms with Crippen LogP contribution in [0.25, 0.3) is 10.9 Å².